The number of halogens is 1. The largest absolute Gasteiger partial charge is 0.493 e. The van der Waals surface area contributed by atoms with Crippen LogP contribution in [0, 0.1) is 0 Å². The van der Waals surface area contributed by atoms with E-state index in [0.717, 1.165) is 41.7 Å². The number of aromatic nitrogens is 1. The number of nitrogens with zero attached hydrogens (tertiary/aromatic N) is 1. The summed E-state index contributed by atoms with van der Waals surface area (Å²) in [5.41, 5.74) is 9.12. The lowest BCUT2D eigenvalue weighted by atomic mass is 10.0. The second-order valence-corrected chi connectivity index (χ2v) is 7.35. The van der Waals surface area contributed by atoms with Gasteiger partial charge >= 0.3 is 0 Å². The number of fused-ring (bicyclic) bond motifs is 4. The molecule has 4 rings (SSSR count). The molecule has 0 fully saturated rings. The van der Waals surface area contributed by atoms with Crippen molar-refractivity contribution >= 4 is 17.3 Å². The zero-order valence-electron chi connectivity index (χ0n) is 15.6. The van der Waals surface area contributed by atoms with Crippen LogP contribution in [0.5, 0.6) is 17.2 Å². The van der Waals surface area contributed by atoms with Crippen LogP contribution in [-0.2, 0) is 13.5 Å². The van der Waals surface area contributed by atoms with Crippen molar-refractivity contribution in [2.24, 2.45) is 7.05 Å². The first-order valence-corrected chi connectivity index (χ1v) is 9.59. The lowest BCUT2D eigenvalue weighted by Crippen LogP contribution is -2.16. The molecule has 2 N–H and O–H groups in total. The third-order valence-electron chi connectivity index (χ3n) is 4.82. The normalized spacial score (nSPS) is 13.6. The van der Waals surface area contributed by atoms with E-state index in [1.165, 1.54) is 10.6 Å². The van der Waals surface area contributed by atoms with Gasteiger partial charge in [0.05, 0.1) is 6.61 Å². The molecule has 0 atom stereocenters. The molecule has 2 heterocycles. The average molecular weight is 397 g/mol. The van der Waals surface area contributed by atoms with Crippen LogP contribution in [0.2, 0.25) is 5.02 Å². The van der Waals surface area contributed by atoms with Gasteiger partial charge in [-0.25, -0.2) is 0 Å². The van der Waals surface area contributed by atoms with Crippen molar-refractivity contribution in [2.75, 3.05) is 12.3 Å². The van der Waals surface area contributed by atoms with Crippen LogP contribution in [0.3, 0.4) is 0 Å². The molecule has 0 unspecified atom stereocenters. The number of anilines is 1. The summed E-state index contributed by atoms with van der Waals surface area (Å²) in [6.07, 6.45) is 4.36. The van der Waals surface area contributed by atoms with E-state index in [-0.39, 0.29) is 5.56 Å². The molecule has 6 heteroatoms. The minimum Gasteiger partial charge on any atom is -0.493 e. The molecular weight excluding hydrogens is 376 g/mol. The number of pyridine rings is 1. The molecule has 0 saturated carbocycles. The highest BCUT2D eigenvalue weighted by Crippen LogP contribution is 2.40. The zero-order chi connectivity index (χ0) is 19.7. The van der Waals surface area contributed by atoms with Gasteiger partial charge in [-0.1, -0.05) is 11.6 Å². The van der Waals surface area contributed by atoms with Gasteiger partial charge in [-0.05, 0) is 61.2 Å². The van der Waals surface area contributed by atoms with Crippen LogP contribution < -0.4 is 20.8 Å². The maximum Gasteiger partial charge on any atom is 0.254 e. The Morgan fingerprint density at radius 2 is 1.82 bits per heavy atom. The summed E-state index contributed by atoms with van der Waals surface area (Å²) in [6.45, 7) is 0.522. The molecule has 0 aliphatic carbocycles. The lowest BCUT2D eigenvalue weighted by molar-refractivity contribution is 0.306. The van der Waals surface area contributed by atoms with Crippen molar-refractivity contribution in [1.82, 2.24) is 4.57 Å². The van der Waals surface area contributed by atoms with Gasteiger partial charge in [0.1, 0.15) is 17.2 Å². The second-order valence-electron chi connectivity index (χ2n) is 6.92. The van der Waals surface area contributed by atoms with Gasteiger partial charge in [-0.15, -0.1) is 0 Å². The average Bonchev–Trinajstić information content (AvgIpc) is 2.66. The van der Waals surface area contributed by atoms with E-state index in [0.29, 0.717) is 28.8 Å². The number of benzene rings is 2. The minimum absolute atomic E-state index is 0.128. The van der Waals surface area contributed by atoms with Gasteiger partial charge in [0.15, 0.2) is 0 Å². The number of aryl methyl sites for hydroxylation is 2. The monoisotopic (exact) mass is 396 g/mol. The first kappa shape index (κ1) is 18.4. The van der Waals surface area contributed by atoms with E-state index in [2.05, 4.69) is 0 Å². The Labute approximate surface area is 168 Å². The highest BCUT2D eigenvalue weighted by Gasteiger charge is 2.17. The smallest absolute Gasteiger partial charge is 0.254 e. The fourth-order valence-electron chi connectivity index (χ4n) is 3.34. The van der Waals surface area contributed by atoms with Gasteiger partial charge in [-0.3, -0.25) is 4.79 Å². The Kier molecular flexibility index (Phi) is 5.01. The third kappa shape index (κ3) is 3.71. The molecule has 2 aromatic carbocycles. The zero-order valence-corrected chi connectivity index (χ0v) is 16.3. The maximum atomic E-state index is 12.2. The Morgan fingerprint density at radius 3 is 2.68 bits per heavy atom. The molecule has 0 bridgehead atoms. The van der Waals surface area contributed by atoms with Crippen molar-refractivity contribution in [3.05, 3.63) is 69.6 Å². The summed E-state index contributed by atoms with van der Waals surface area (Å²) in [4.78, 5) is 12.2. The quantitative estimate of drug-likeness (QED) is 0.554. The number of nitrogen functional groups attached to an aromatic ring is 1. The molecule has 144 valence electrons. The number of rotatable bonds is 0. The summed E-state index contributed by atoms with van der Waals surface area (Å²) in [7, 11) is 1.71. The molecule has 0 spiro atoms. The van der Waals surface area contributed by atoms with Crippen molar-refractivity contribution < 1.29 is 9.47 Å². The van der Waals surface area contributed by atoms with Crippen LogP contribution in [0.15, 0.2) is 53.5 Å². The van der Waals surface area contributed by atoms with Crippen LogP contribution in [-0.4, -0.2) is 11.2 Å². The molecule has 28 heavy (non-hydrogen) atoms. The van der Waals surface area contributed by atoms with Crippen molar-refractivity contribution in [1.29, 1.82) is 0 Å². The summed E-state index contributed by atoms with van der Waals surface area (Å²) < 4.78 is 13.8. The van der Waals surface area contributed by atoms with E-state index in [4.69, 9.17) is 26.8 Å². The highest BCUT2D eigenvalue weighted by atomic mass is 35.5. The van der Waals surface area contributed by atoms with E-state index >= 15 is 0 Å². The molecule has 5 nitrogen and oxygen atoms in total. The van der Waals surface area contributed by atoms with Gasteiger partial charge < -0.3 is 19.8 Å². The van der Waals surface area contributed by atoms with E-state index in [9.17, 15) is 4.79 Å². The number of ether oxygens (including phenoxy) is 2. The van der Waals surface area contributed by atoms with E-state index in [1.54, 1.807) is 19.3 Å². The van der Waals surface area contributed by atoms with Gasteiger partial charge in [0.2, 0.25) is 0 Å². The Hall–Kier alpha value is -2.92. The van der Waals surface area contributed by atoms with Crippen molar-refractivity contribution in [3.8, 4) is 28.4 Å². The Balaban J connectivity index is 1.92. The number of hydrogen-bond acceptors (Lipinski definition) is 4. The standard InChI is InChI=1S/C22H21ClN2O3/c1-25-13-18-17-11-16(24)6-8-20(17)28-19-7-5-15(23)10-14(19)4-2-3-9-27-21(18)12-22(25)26/h5-8,10-13H,2-4,9,24H2,1H3. The van der Waals surface area contributed by atoms with Crippen LogP contribution in [0.4, 0.5) is 5.69 Å². The molecule has 1 aromatic heterocycles. The molecule has 0 radical (unpaired) electrons. The lowest BCUT2D eigenvalue weighted by Gasteiger charge is -2.19. The summed E-state index contributed by atoms with van der Waals surface area (Å²) in [6, 6.07) is 12.6. The fraction of sp³-hybridized carbons (Fsp3) is 0.227. The SMILES string of the molecule is Cn1cc2c(cc1=O)OCCCCc1cc(Cl)ccc1Oc1ccc(N)cc1-2. The first-order chi connectivity index (χ1) is 13.5. The third-order valence-corrected chi connectivity index (χ3v) is 5.06. The maximum absolute atomic E-state index is 12.2. The summed E-state index contributed by atoms with van der Waals surface area (Å²) >= 11 is 6.19. The van der Waals surface area contributed by atoms with E-state index in [1.807, 2.05) is 30.3 Å². The highest BCUT2D eigenvalue weighted by molar-refractivity contribution is 6.30. The van der Waals surface area contributed by atoms with Crippen LogP contribution in [0.25, 0.3) is 11.1 Å². The number of nitrogens with two attached hydrogens (primary N) is 1. The molecule has 0 amide bonds. The minimum atomic E-state index is -0.128. The van der Waals surface area contributed by atoms with Crippen molar-refractivity contribution in [3.63, 3.8) is 0 Å². The van der Waals surface area contributed by atoms with Crippen LogP contribution in [0.1, 0.15) is 18.4 Å². The Morgan fingerprint density at radius 1 is 1.00 bits per heavy atom. The van der Waals surface area contributed by atoms with Gasteiger partial charge in [0, 0.05) is 41.1 Å². The van der Waals surface area contributed by atoms with Crippen molar-refractivity contribution in [2.45, 2.75) is 19.3 Å². The predicted molar refractivity (Wildman–Crippen MR) is 111 cm³/mol. The summed E-state index contributed by atoms with van der Waals surface area (Å²) in [5, 5.41) is 0.684. The predicted octanol–water partition coefficient (Wildman–Crippen LogP) is 4.80. The second kappa shape index (κ2) is 7.60. The Bertz CT molecular complexity index is 1090. The molecule has 1 aliphatic heterocycles. The van der Waals surface area contributed by atoms with E-state index < -0.39 is 0 Å². The molecule has 3 aromatic rings. The summed E-state index contributed by atoms with van der Waals surface area (Å²) in [5.74, 6) is 1.94. The van der Waals surface area contributed by atoms with Gasteiger partial charge in [-0.2, -0.15) is 0 Å². The number of hydrogen-bond donors (Lipinski definition) is 1. The molecule has 1 aliphatic rings. The fourth-order valence-corrected chi connectivity index (χ4v) is 3.54. The van der Waals surface area contributed by atoms with Crippen LogP contribution >= 0.6 is 11.6 Å². The molecular formula is C22H21ClN2O3. The molecule has 0 saturated heterocycles. The topological polar surface area (TPSA) is 66.5 Å². The first-order valence-electron chi connectivity index (χ1n) is 9.21. The van der Waals surface area contributed by atoms with Gasteiger partial charge in [0.25, 0.3) is 5.56 Å².